The maximum atomic E-state index is 12.4. The zero-order valence-electron chi connectivity index (χ0n) is 10.4. The number of nitrogens with zero attached hydrogens (tertiary/aromatic N) is 1. The summed E-state index contributed by atoms with van der Waals surface area (Å²) in [6, 6.07) is 2.42. The molecule has 1 N–H and O–H groups in total. The molecule has 0 radical (unpaired) electrons. The third-order valence-electron chi connectivity index (χ3n) is 3.25. The monoisotopic (exact) mass is 291 g/mol. The predicted octanol–water partition coefficient (Wildman–Crippen LogP) is 3.89. The van der Waals surface area contributed by atoms with Crippen LogP contribution in [-0.2, 0) is 6.18 Å². The Morgan fingerprint density at radius 2 is 1.89 bits per heavy atom. The van der Waals surface area contributed by atoms with Crippen molar-refractivity contribution >= 4 is 11.8 Å². The lowest BCUT2D eigenvalue weighted by Crippen LogP contribution is -2.21. The average molecular weight is 291 g/mol. The van der Waals surface area contributed by atoms with Gasteiger partial charge >= 0.3 is 6.18 Å². The Morgan fingerprint density at radius 1 is 1.16 bits per heavy atom. The fourth-order valence-corrected chi connectivity index (χ4v) is 3.31. The summed E-state index contributed by atoms with van der Waals surface area (Å²) in [5.74, 6) is 0. The predicted molar refractivity (Wildman–Crippen MR) is 68.0 cm³/mol. The van der Waals surface area contributed by atoms with Gasteiger partial charge in [0.25, 0.3) is 0 Å². The SMILES string of the molecule is OC1CCCCCC1Sc1ccc(C(F)(F)F)cn1. The van der Waals surface area contributed by atoms with Gasteiger partial charge in [0.05, 0.1) is 16.7 Å². The second-order valence-electron chi connectivity index (χ2n) is 4.74. The van der Waals surface area contributed by atoms with Crippen LogP contribution in [0.1, 0.15) is 37.7 Å². The molecular weight excluding hydrogens is 275 g/mol. The number of pyridine rings is 1. The summed E-state index contributed by atoms with van der Waals surface area (Å²) < 4.78 is 37.2. The number of aliphatic hydroxyl groups is 1. The number of aliphatic hydroxyl groups excluding tert-OH is 1. The molecule has 19 heavy (non-hydrogen) atoms. The zero-order valence-corrected chi connectivity index (χ0v) is 11.2. The molecule has 0 saturated heterocycles. The highest BCUT2D eigenvalue weighted by Gasteiger charge is 2.31. The van der Waals surface area contributed by atoms with Gasteiger partial charge in [-0.3, -0.25) is 0 Å². The summed E-state index contributed by atoms with van der Waals surface area (Å²) in [6.07, 6.45) is 0.926. The summed E-state index contributed by atoms with van der Waals surface area (Å²) in [4.78, 5) is 3.84. The van der Waals surface area contributed by atoms with Crippen molar-refractivity contribution in [1.82, 2.24) is 4.98 Å². The molecule has 0 spiro atoms. The third kappa shape index (κ3) is 4.11. The van der Waals surface area contributed by atoms with E-state index >= 15 is 0 Å². The molecule has 1 aliphatic rings. The Hall–Kier alpha value is -0.750. The van der Waals surface area contributed by atoms with Crippen molar-refractivity contribution in [2.45, 2.75) is 54.7 Å². The van der Waals surface area contributed by atoms with E-state index in [1.165, 1.54) is 17.8 Å². The summed E-state index contributed by atoms with van der Waals surface area (Å²) in [7, 11) is 0. The molecule has 2 atom stereocenters. The molecule has 1 heterocycles. The smallest absolute Gasteiger partial charge is 0.392 e. The van der Waals surface area contributed by atoms with E-state index in [-0.39, 0.29) is 5.25 Å². The Balaban J connectivity index is 2.02. The van der Waals surface area contributed by atoms with Gasteiger partial charge in [-0.25, -0.2) is 4.98 Å². The van der Waals surface area contributed by atoms with E-state index in [9.17, 15) is 18.3 Å². The molecule has 1 aliphatic carbocycles. The normalized spacial score (nSPS) is 25.1. The second kappa shape index (κ2) is 6.13. The first-order chi connectivity index (χ1) is 8.97. The molecule has 0 aromatic carbocycles. The van der Waals surface area contributed by atoms with Gasteiger partial charge in [-0.05, 0) is 25.0 Å². The molecule has 2 unspecified atom stereocenters. The van der Waals surface area contributed by atoms with Crippen molar-refractivity contribution in [3.63, 3.8) is 0 Å². The lowest BCUT2D eigenvalue weighted by atomic mass is 10.1. The molecule has 1 saturated carbocycles. The number of hydrogen-bond acceptors (Lipinski definition) is 3. The fraction of sp³-hybridized carbons (Fsp3) is 0.615. The van der Waals surface area contributed by atoms with Crippen LogP contribution in [0.3, 0.4) is 0 Å². The molecular formula is C13H16F3NOS. The van der Waals surface area contributed by atoms with Crippen molar-refractivity contribution < 1.29 is 18.3 Å². The van der Waals surface area contributed by atoms with Gasteiger partial charge in [0, 0.05) is 11.4 Å². The van der Waals surface area contributed by atoms with Crippen LogP contribution in [0.2, 0.25) is 0 Å². The van der Waals surface area contributed by atoms with Crippen molar-refractivity contribution in [2.24, 2.45) is 0 Å². The highest BCUT2D eigenvalue weighted by atomic mass is 32.2. The lowest BCUT2D eigenvalue weighted by molar-refractivity contribution is -0.137. The van der Waals surface area contributed by atoms with Crippen LogP contribution in [-0.4, -0.2) is 21.4 Å². The average Bonchev–Trinajstić information content (AvgIpc) is 2.55. The quantitative estimate of drug-likeness (QED) is 0.839. The first kappa shape index (κ1) is 14.7. The van der Waals surface area contributed by atoms with Crippen molar-refractivity contribution in [3.8, 4) is 0 Å². The van der Waals surface area contributed by atoms with E-state index in [1.54, 1.807) is 0 Å². The highest BCUT2D eigenvalue weighted by molar-refractivity contribution is 7.99. The number of thioether (sulfide) groups is 1. The second-order valence-corrected chi connectivity index (χ2v) is 6.00. The molecule has 1 aromatic rings. The minimum absolute atomic E-state index is 0.0340. The zero-order chi connectivity index (χ0) is 13.9. The first-order valence-electron chi connectivity index (χ1n) is 6.35. The van der Waals surface area contributed by atoms with Gasteiger partial charge in [0.1, 0.15) is 0 Å². The van der Waals surface area contributed by atoms with E-state index < -0.39 is 17.8 Å². The summed E-state index contributed by atoms with van der Waals surface area (Å²) in [6.45, 7) is 0. The standard InChI is InChI=1S/C13H16F3NOS/c14-13(15,16)9-6-7-12(17-8-9)19-11-5-3-1-2-4-10(11)18/h6-8,10-11,18H,1-5H2. The van der Waals surface area contributed by atoms with Crippen molar-refractivity contribution in [3.05, 3.63) is 23.9 Å². The highest BCUT2D eigenvalue weighted by Crippen LogP contribution is 2.34. The lowest BCUT2D eigenvalue weighted by Gasteiger charge is -2.19. The molecule has 1 aromatic heterocycles. The Bertz CT molecular complexity index is 407. The summed E-state index contributed by atoms with van der Waals surface area (Å²) in [5.41, 5.74) is -0.738. The van der Waals surface area contributed by atoms with Gasteiger partial charge in [-0.1, -0.05) is 19.3 Å². The number of aromatic nitrogens is 1. The van der Waals surface area contributed by atoms with Crippen LogP contribution < -0.4 is 0 Å². The molecule has 106 valence electrons. The van der Waals surface area contributed by atoms with Gasteiger partial charge in [-0.2, -0.15) is 13.2 Å². The molecule has 0 bridgehead atoms. The van der Waals surface area contributed by atoms with Gasteiger partial charge in [-0.15, -0.1) is 11.8 Å². The number of hydrogen-bond donors (Lipinski definition) is 1. The van der Waals surface area contributed by atoms with Crippen LogP contribution in [0.5, 0.6) is 0 Å². The Kier molecular flexibility index (Phi) is 4.73. The van der Waals surface area contributed by atoms with E-state index in [0.717, 1.165) is 44.4 Å². The van der Waals surface area contributed by atoms with Crippen LogP contribution in [0.4, 0.5) is 13.2 Å². The fourth-order valence-electron chi connectivity index (χ4n) is 2.16. The summed E-state index contributed by atoms with van der Waals surface area (Å²) in [5, 5.41) is 10.5. The Morgan fingerprint density at radius 3 is 2.53 bits per heavy atom. The van der Waals surface area contributed by atoms with E-state index in [4.69, 9.17) is 0 Å². The van der Waals surface area contributed by atoms with Crippen LogP contribution in [0.15, 0.2) is 23.4 Å². The minimum atomic E-state index is -4.35. The van der Waals surface area contributed by atoms with Crippen LogP contribution in [0.25, 0.3) is 0 Å². The van der Waals surface area contributed by atoms with E-state index in [2.05, 4.69) is 4.98 Å². The van der Waals surface area contributed by atoms with Crippen molar-refractivity contribution in [1.29, 1.82) is 0 Å². The van der Waals surface area contributed by atoms with E-state index in [1.807, 2.05) is 0 Å². The third-order valence-corrected chi connectivity index (χ3v) is 4.59. The number of rotatable bonds is 2. The van der Waals surface area contributed by atoms with Crippen molar-refractivity contribution in [2.75, 3.05) is 0 Å². The molecule has 2 nitrogen and oxygen atoms in total. The van der Waals surface area contributed by atoms with E-state index in [0.29, 0.717) is 5.03 Å². The molecule has 2 rings (SSSR count). The Labute approximate surface area is 114 Å². The molecule has 1 fully saturated rings. The minimum Gasteiger partial charge on any atom is -0.392 e. The van der Waals surface area contributed by atoms with Crippen LogP contribution >= 0.6 is 11.8 Å². The molecule has 0 aliphatic heterocycles. The molecule has 6 heteroatoms. The topological polar surface area (TPSA) is 33.1 Å². The molecule has 0 amide bonds. The summed E-state index contributed by atoms with van der Waals surface area (Å²) >= 11 is 1.38. The first-order valence-corrected chi connectivity index (χ1v) is 7.23. The van der Waals surface area contributed by atoms with Gasteiger partial charge in [0.15, 0.2) is 0 Å². The largest absolute Gasteiger partial charge is 0.417 e. The maximum Gasteiger partial charge on any atom is 0.417 e. The van der Waals surface area contributed by atoms with Gasteiger partial charge in [0.2, 0.25) is 0 Å². The van der Waals surface area contributed by atoms with Gasteiger partial charge < -0.3 is 5.11 Å². The van der Waals surface area contributed by atoms with Crippen LogP contribution in [0, 0.1) is 0 Å². The maximum absolute atomic E-state index is 12.4. The number of halogens is 3. The number of alkyl halides is 3.